The summed E-state index contributed by atoms with van der Waals surface area (Å²) < 4.78 is 5.01. The van der Waals surface area contributed by atoms with Gasteiger partial charge in [-0.2, -0.15) is 0 Å². The lowest BCUT2D eigenvalue weighted by Gasteiger charge is -2.31. The standard InChI is InChI=1S/C17H25ClN2O2/c1-22-13-7-11-19-17(21)20-12-6-2-3-10-16(20)14-8-4-5-9-15(14)18/h4-5,8-9,16H,2-3,6-7,10-13H2,1H3,(H,19,21)/t16-/m0/s1. The van der Waals surface area contributed by atoms with E-state index in [0.29, 0.717) is 13.2 Å². The molecule has 0 aromatic heterocycles. The average Bonchev–Trinajstić information content (AvgIpc) is 2.78. The topological polar surface area (TPSA) is 41.6 Å². The van der Waals surface area contributed by atoms with Crippen LogP contribution in [0.2, 0.25) is 5.02 Å². The second kappa shape index (κ2) is 9.01. The lowest BCUT2D eigenvalue weighted by atomic mass is 10.0. The summed E-state index contributed by atoms with van der Waals surface area (Å²) in [6, 6.07) is 7.92. The number of benzene rings is 1. The number of urea groups is 1. The maximum absolute atomic E-state index is 12.5. The van der Waals surface area contributed by atoms with E-state index in [1.807, 2.05) is 29.2 Å². The van der Waals surface area contributed by atoms with Gasteiger partial charge in [0, 0.05) is 31.8 Å². The molecule has 2 amide bonds. The van der Waals surface area contributed by atoms with Crippen LogP contribution in [0.3, 0.4) is 0 Å². The number of carbonyl (C=O) groups is 1. The first-order chi connectivity index (χ1) is 10.7. The fourth-order valence-electron chi connectivity index (χ4n) is 2.93. The second-order valence-corrected chi connectivity index (χ2v) is 6.07. The minimum absolute atomic E-state index is 0.00271. The number of ether oxygens (including phenoxy) is 1. The minimum Gasteiger partial charge on any atom is -0.385 e. The van der Waals surface area contributed by atoms with Crippen molar-refractivity contribution in [3.63, 3.8) is 0 Å². The molecule has 0 saturated carbocycles. The Kier molecular flexibility index (Phi) is 7.00. The molecule has 0 radical (unpaired) electrons. The zero-order valence-corrected chi connectivity index (χ0v) is 13.9. The van der Waals surface area contributed by atoms with Gasteiger partial charge in [0.25, 0.3) is 0 Å². The van der Waals surface area contributed by atoms with Gasteiger partial charge in [-0.1, -0.05) is 42.6 Å². The summed E-state index contributed by atoms with van der Waals surface area (Å²) in [4.78, 5) is 14.5. The Morgan fingerprint density at radius 1 is 1.36 bits per heavy atom. The molecule has 1 heterocycles. The number of hydrogen-bond donors (Lipinski definition) is 1. The van der Waals surface area contributed by atoms with E-state index >= 15 is 0 Å². The summed E-state index contributed by atoms with van der Waals surface area (Å²) in [6.07, 6.45) is 5.13. The van der Waals surface area contributed by atoms with Crippen molar-refractivity contribution in [1.29, 1.82) is 0 Å². The van der Waals surface area contributed by atoms with Crippen LogP contribution in [0.25, 0.3) is 0 Å². The molecule has 4 nitrogen and oxygen atoms in total. The molecule has 1 N–H and O–H groups in total. The number of carbonyl (C=O) groups excluding carboxylic acids is 1. The summed E-state index contributed by atoms with van der Waals surface area (Å²) in [5.41, 5.74) is 1.05. The van der Waals surface area contributed by atoms with Gasteiger partial charge in [0.2, 0.25) is 0 Å². The van der Waals surface area contributed by atoms with Gasteiger partial charge in [0.15, 0.2) is 0 Å². The van der Waals surface area contributed by atoms with Gasteiger partial charge in [-0.05, 0) is 30.9 Å². The van der Waals surface area contributed by atoms with E-state index in [1.54, 1.807) is 7.11 Å². The summed E-state index contributed by atoms with van der Waals surface area (Å²) >= 11 is 6.35. The lowest BCUT2D eigenvalue weighted by molar-refractivity contribution is 0.170. The van der Waals surface area contributed by atoms with Crippen molar-refractivity contribution in [3.05, 3.63) is 34.9 Å². The normalized spacial score (nSPS) is 18.8. The Labute approximate surface area is 137 Å². The molecule has 0 aliphatic carbocycles. The fourth-order valence-corrected chi connectivity index (χ4v) is 3.20. The van der Waals surface area contributed by atoms with Crippen LogP contribution in [0.5, 0.6) is 0 Å². The van der Waals surface area contributed by atoms with Crippen molar-refractivity contribution < 1.29 is 9.53 Å². The minimum atomic E-state index is 0.00271. The van der Waals surface area contributed by atoms with E-state index in [9.17, 15) is 4.79 Å². The highest BCUT2D eigenvalue weighted by atomic mass is 35.5. The molecule has 1 saturated heterocycles. The van der Waals surface area contributed by atoms with E-state index in [0.717, 1.165) is 49.2 Å². The van der Waals surface area contributed by atoms with Crippen molar-refractivity contribution in [1.82, 2.24) is 10.2 Å². The fraction of sp³-hybridized carbons (Fsp3) is 0.588. The van der Waals surface area contributed by atoms with Crippen LogP contribution >= 0.6 is 11.6 Å². The number of likely N-dealkylation sites (tertiary alicyclic amines) is 1. The van der Waals surface area contributed by atoms with Gasteiger partial charge < -0.3 is 15.0 Å². The molecule has 0 unspecified atom stereocenters. The quantitative estimate of drug-likeness (QED) is 0.832. The van der Waals surface area contributed by atoms with E-state index in [-0.39, 0.29) is 12.1 Å². The molecule has 1 atom stereocenters. The second-order valence-electron chi connectivity index (χ2n) is 5.66. The molecule has 22 heavy (non-hydrogen) atoms. The van der Waals surface area contributed by atoms with Crippen LogP contribution in [0.15, 0.2) is 24.3 Å². The zero-order valence-electron chi connectivity index (χ0n) is 13.2. The third-order valence-electron chi connectivity index (χ3n) is 4.08. The molecule has 122 valence electrons. The molecule has 1 aliphatic heterocycles. The highest BCUT2D eigenvalue weighted by Crippen LogP contribution is 2.34. The average molecular weight is 325 g/mol. The lowest BCUT2D eigenvalue weighted by Crippen LogP contribution is -2.42. The van der Waals surface area contributed by atoms with Gasteiger partial charge in [0.05, 0.1) is 6.04 Å². The molecule has 0 spiro atoms. The Morgan fingerprint density at radius 2 is 2.18 bits per heavy atom. The predicted octanol–water partition coefficient (Wildman–Crippen LogP) is 4.00. The van der Waals surface area contributed by atoms with Crippen LogP contribution in [-0.4, -0.2) is 37.7 Å². The van der Waals surface area contributed by atoms with Crippen LogP contribution < -0.4 is 5.32 Å². The van der Waals surface area contributed by atoms with Gasteiger partial charge >= 0.3 is 6.03 Å². The number of hydrogen-bond acceptors (Lipinski definition) is 2. The number of halogens is 1. The molecular weight excluding hydrogens is 300 g/mol. The monoisotopic (exact) mass is 324 g/mol. The summed E-state index contributed by atoms with van der Waals surface area (Å²) in [5, 5.41) is 3.74. The maximum atomic E-state index is 12.5. The van der Waals surface area contributed by atoms with Crippen molar-refractivity contribution in [2.45, 2.75) is 38.1 Å². The Morgan fingerprint density at radius 3 is 2.95 bits per heavy atom. The van der Waals surface area contributed by atoms with Crippen LogP contribution in [0.1, 0.15) is 43.7 Å². The zero-order chi connectivity index (χ0) is 15.8. The van der Waals surface area contributed by atoms with Crippen molar-refractivity contribution in [2.75, 3.05) is 26.8 Å². The number of nitrogens with zero attached hydrogens (tertiary/aromatic N) is 1. The van der Waals surface area contributed by atoms with Gasteiger partial charge in [-0.25, -0.2) is 4.79 Å². The molecule has 5 heteroatoms. The first kappa shape index (κ1) is 17.1. The molecule has 1 fully saturated rings. The first-order valence-corrected chi connectivity index (χ1v) is 8.39. The highest BCUT2D eigenvalue weighted by Gasteiger charge is 2.27. The molecular formula is C17H25ClN2O2. The third kappa shape index (κ3) is 4.62. The number of methoxy groups -OCH3 is 1. The van der Waals surface area contributed by atoms with Crippen molar-refractivity contribution >= 4 is 17.6 Å². The molecule has 0 bridgehead atoms. The van der Waals surface area contributed by atoms with Crippen LogP contribution in [0.4, 0.5) is 4.79 Å². The highest BCUT2D eigenvalue weighted by molar-refractivity contribution is 6.31. The summed E-state index contributed by atoms with van der Waals surface area (Å²) in [5.74, 6) is 0. The summed E-state index contributed by atoms with van der Waals surface area (Å²) in [6.45, 7) is 2.08. The summed E-state index contributed by atoms with van der Waals surface area (Å²) in [7, 11) is 1.67. The first-order valence-electron chi connectivity index (χ1n) is 8.02. The van der Waals surface area contributed by atoms with E-state index < -0.39 is 0 Å². The van der Waals surface area contributed by atoms with E-state index in [1.165, 1.54) is 0 Å². The predicted molar refractivity (Wildman–Crippen MR) is 89.3 cm³/mol. The Bertz CT molecular complexity index is 481. The Balaban J connectivity index is 2.07. The smallest absolute Gasteiger partial charge is 0.317 e. The van der Waals surface area contributed by atoms with Gasteiger partial charge in [0.1, 0.15) is 0 Å². The molecule has 1 aromatic carbocycles. The number of amides is 2. The molecule has 2 rings (SSSR count). The van der Waals surface area contributed by atoms with E-state index in [2.05, 4.69) is 5.32 Å². The molecule has 1 aliphatic rings. The van der Waals surface area contributed by atoms with Gasteiger partial charge in [-0.3, -0.25) is 0 Å². The Hall–Kier alpha value is -1.26. The van der Waals surface area contributed by atoms with Crippen LogP contribution in [0, 0.1) is 0 Å². The van der Waals surface area contributed by atoms with Crippen LogP contribution in [-0.2, 0) is 4.74 Å². The maximum Gasteiger partial charge on any atom is 0.317 e. The van der Waals surface area contributed by atoms with Gasteiger partial charge in [-0.15, -0.1) is 0 Å². The number of nitrogens with one attached hydrogen (secondary N) is 1. The largest absolute Gasteiger partial charge is 0.385 e. The molecule has 1 aromatic rings. The van der Waals surface area contributed by atoms with Crippen molar-refractivity contribution in [3.8, 4) is 0 Å². The van der Waals surface area contributed by atoms with E-state index in [4.69, 9.17) is 16.3 Å². The number of rotatable bonds is 5. The SMILES string of the molecule is COCCCNC(=O)N1CCCCC[C@H]1c1ccccc1Cl. The van der Waals surface area contributed by atoms with Crippen molar-refractivity contribution in [2.24, 2.45) is 0 Å². The third-order valence-corrected chi connectivity index (χ3v) is 4.42.